The third kappa shape index (κ3) is 3.50. The third-order valence-corrected chi connectivity index (χ3v) is 1.22. The van der Waals surface area contributed by atoms with Crippen molar-refractivity contribution in [1.29, 1.82) is 5.41 Å². The van der Waals surface area contributed by atoms with E-state index in [0.717, 1.165) is 6.42 Å². The van der Waals surface area contributed by atoms with Crippen LogP contribution >= 0.6 is 0 Å². The van der Waals surface area contributed by atoms with Crippen molar-refractivity contribution in [2.45, 2.75) is 26.7 Å². The Morgan fingerprint density at radius 3 is 2.43 bits per heavy atom. The van der Waals surface area contributed by atoms with Crippen molar-refractivity contribution in [3.05, 3.63) is 0 Å². The van der Waals surface area contributed by atoms with Gasteiger partial charge >= 0.3 is 0 Å². The summed E-state index contributed by atoms with van der Waals surface area (Å²) in [7, 11) is 0. The highest BCUT2D eigenvalue weighted by Crippen LogP contribution is 2.02. The van der Waals surface area contributed by atoms with Crippen molar-refractivity contribution in [3.63, 3.8) is 0 Å². The Hall–Kier alpha value is -0.330. The van der Waals surface area contributed by atoms with E-state index in [2.05, 4.69) is 13.8 Å². The van der Waals surface area contributed by atoms with Crippen LogP contribution in [0, 0.1) is 11.3 Å². The molecule has 0 bridgehead atoms. The first-order chi connectivity index (χ1) is 3.31. The summed E-state index contributed by atoms with van der Waals surface area (Å²) in [4.78, 5) is 0. The fourth-order valence-electron chi connectivity index (χ4n) is 0.368. The fraction of sp³-hybridized carbons (Fsp3) is 0.833. The lowest BCUT2D eigenvalue weighted by Gasteiger charge is -1.99. The lowest BCUT2D eigenvalue weighted by atomic mass is 10.1. The van der Waals surface area contributed by atoms with Crippen LogP contribution in [0.4, 0.5) is 0 Å². The maximum atomic E-state index is 6.71. The highest BCUT2D eigenvalue weighted by molar-refractivity contribution is 5.52. The topological polar surface area (TPSA) is 23.9 Å². The molecule has 0 amide bonds. The first-order valence-electron chi connectivity index (χ1n) is 2.80. The summed E-state index contributed by atoms with van der Waals surface area (Å²) in [6.45, 7) is 4.30. The second kappa shape index (κ2) is 3.85. The molecule has 0 aliphatic rings. The SMILES string of the molecule is CCC(C)CC=N. The van der Waals surface area contributed by atoms with Crippen molar-refractivity contribution >= 4 is 6.21 Å². The van der Waals surface area contributed by atoms with E-state index in [0.29, 0.717) is 5.92 Å². The molecule has 0 fully saturated rings. The zero-order valence-electron chi connectivity index (χ0n) is 5.07. The summed E-state index contributed by atoms with van der Waals surface area (Å²) in [6, 6.07) is 0. The van der Waals surface area contributed by atoms with Gasteiger partial charge in [0.1, 0.15) is 0 Å². The number of nitrogens with one attached hydrogen (secondary N) is 1. The normalized spacial score (nSPS) is 13.4. The Balaban J connectivity index is 2.98. The Bertz CT molecular complexity index is 50.1. The molecule has 0 saturated heterocycles. The van der Waals surface area contributed by atoms with E-state index >= 15 is 0 Å². The Morgan fingerprint density at radius 1 is 1.71 bits per heavy atom. The molecule has 1 N–H and O–H groups in total. The van der Waals surface area contributed by atoms with E-state index in [9.17, 15) is 0 Å². The van der Waals surface area contributed by atoms with Crippen LogP contribution in [-0.2, 0) is 0 Å². The molecule has 0 rings (SSSR count). The zero-order valence-corrected chi connectivity index (χ0v) is 5.07. The van der Waals surface area contributed by atoms with Gasteiger partial charge in [-0.25, -0.2) is 0 Å². The summed E-state index contributed by atoms with van der Waals surface area (Å²) in [6.07, 6.45) is 3.61. The first-order valence-corrected chi connectivity index (χ1v) is 2.80. The lowest BCUT2D eigenvalue weighted by Crippen LogP contribution is -1.90. The molecule has 1 unspecified atom stereocenters. The molecule has 0 aliphatic heterocycles. The van der Waals surface area contributed by atoms with E-state index in [1.165, 1.54) is 12.6 Å². The third-order valence-electron chi connectivity index (χ3n) is 1.22. The summed E-state index contributed by atoms with van der Waals surface area (Å²) < 4.78 is 0. The standard InChI is InChI=1S/C6H13N/c1-3-6(2)4-5-7/h5-7H,3-4H2,1-2H3. The minimum atomic E-state index is 0.706. The second-order valence-corrected chi connectivity index (χ2v) is 1.95. The molecule has 1 heteroatoms. The monoisotopic (exact) mass is 99.1 g/mol. The van der Waals surface area contributed by atoms with Crippen molar-refractivity contribution < 1.29 is 0 Å². The number of rotatable bonds is 3. The van der Waals surface area contributed by atoms with Crippen LogP contribution in [0.25, 0.3) is 0 Å². The molecule has 0 saturated carbocycles. The van der Waals surface area contributed by atoms with Gasteiger partial charge < -0.3 is 5.41 Å². The van der Waals surface area contributed by atoms with Crippen molar-refractivity contribution in [1.82, 2.24) is 0 Å². The Labute approximate surface area is 45.2 Å². The fourth-order valence-corrected chi connectivity index (χ4v) is 0.368. The van der Waals surface area contributed by atoms with Crippen LogP contribution in [0.3, 0.4) is 0 Å². The van der Waals surface area contributed by atoms with Crippen LogP contribution in [0.5, 0.6) is 0 Å². The molecule has 0 spiro atoms. The number of hydrogen-bond acceptors (Lipinski definition) is 1. The van der Waals surface area contributed by atoms with Gasteiger partial charge in [0.05, 0.1) is 0 Å². The molecule has 0 heterocycles. The molecule has 0 aromatic carbocycles. The Kier molecular flexibility index (Phi) is 3.67. The Morgan fingerprint density at radius 2 is 2.29 bits per heavy atom. The van der Waals surface area contributed by atoms with E-state index in [-0.39, 0.29) is 0 Å². The van der Waals surface area contributed by atoms with E-state index in [4.69, 9.17) is 5.41 Å². The highest BCUT2D eigenvalue weighted by atomic mass is 14.3. The van der Waals surface area contributed by atoms with Gasteiger partial charge in [0.25, 0.3) is 0 Å². The summed E-state index contributed by atoms with van der Waals surface area (Å²) in [5.41, 5.74) is 0. The van der Waals surface area contributed by atoms with E-state index in [1.807, 2.05) is 0 Å². The van der Waals surface area contributed by atoms with Crippen molar-refractivity contribution in [3.8, 4) is 0 Å². The van der Waals surface area contributed by atoms with E-state index < -0.39 is 0 Å². The van der Waals surface area contributed by atoms with Gasteiger partial charge in [0, 0.05) is 0 Å². The number of hydrogen-bond donors (Lipinski definition) is 1. The minimum Gasteiger partial charge on any atom is -0.313 e. The average molecular weight is 99.2 g/mol. The maximum Gasteiger partial charge on any atom is -0.00451 e. The van der Waals surface area contributed by atoms with Gasteiger partial charge in [-0.1, -0.05) is 20.3 Å². The predicted molar refractivity (Wildman–Crippen MR) is 32.9 cm³/mol. The molecule has 1 nitrogen and oxygen atoms in total. The largest absolute Gasteiger partial charge is 0.313 e. The lowest BCUT2D eigenvalue weighted by molar-refractivity contribution is 0.591. The van der Waals surface area contributed by atoms with Gasteiger partial charge in [-0.15, -0.1) is 0 Å². The van der Waals surface area contributed by atoms with Gasteiger partial charge in [-0.05, 0) is 18.6 Å². The van der Waals surface area contributed by atoms with Crippen LogP contribution in [0.2, 0.25) is 0 Å². The average Bonchev–Trinajstić information content (AvgIpc) is 1.68. The molecule has 0 aromatic heterocycles. The van der Waals surface area contributed by atoms with E-state index in [1.54, 1.807) is 0 Å². The van der Waals surface area contributed by atoms with Crippen molar-refractivity contribution in [2.75, 3.05) is 0 Å². The molecule has 42 valence electrons. The molecule has 0 aromatic rings. The van der Waals surface area contributed by atoms with Crippen molar-refractivity contribution in [2.24, 2.45) is 5.92 Å². The molecular weight excluding hydrogens is 86.1 g/mol. The first kappa shape index (κ1) is 6.67. The zero-order chi connectivity index (χ0) is 5.70. The highest BCUT2D eigenvalue weighted by Gasteiger charge is 1.91. The van der Waals surface area contributed by atoms with Gasteiger partial charge in [0.15, 0.2) is 0 Å². The molecule has 0 radical (unpaired) electrons. The predicted octanol–water partition coefficient (Wildman–Crippen LogP) is 2.07. The maximum absolute atomic E-state index is 6.71. The molecule has 7 heavy (non-hydrogen) atoms. The molecule has 0 aliphatic carbocycles. The van der Waals surface area contributed by atoms with Gasteiger partial charge in [-0.3, -0.25) is 0 Å². The summed E-state index contributed by atoms with van der Waals surface area (Å²) in [5, 5.41) is 6.71. The quantitative estimate of drug-likeness (QED) is 0.524. The van der Waals surface area contributed by atoms with Gasteiger partial charge in [0.2, 0.25) is 0 Å². The smallest absolute Gasteiger partial charge is 0.00451 e. The van der Waals surface area contributed by atoms with Crippen LogP contribution in [-0.4, -0.2) is 6.21 Å². The second-order valence-electron chi connectivity index (χ2n) is 1.95. The molecule has 1 atom stereocenters. The summed E-state index contributed by atoms with van der Waals surface area (Å²) >= 11 is 0. The van der Waals surface area contributed by atoms with Crippen LogP contribution in [0.15, 0.2) is 0 Å². The van der Waals surface area contributed by atoms with Crippen LogP contribution in [0.1, 0.15) is 26.7 Å². The minimum absolute atomic E-state index is 0.706. The van der Waals surface area contributed by atoms with Gasteiger partial charge in [-0.2, -0.15) is 0 Å². The van der Waals surface area contributed by atoms with Crippen LogP contribution < -0.4 is 0 Å². The molecular formula is C6H13N. The summed E-state index contributed by atoms with van der Waals surface area (Å²) in [5.74, 6) is 0.706.